The van der Waals surface area contributed by atoms with E-state index in [2.05, 4.69) is 47.0 Å². The van der Waals surface area contributed by atoms with Crippen LogP contribution in [0, 0.1) is 5.92 Å². The van der Waals surface area contributed by atoms with E-state index >= 15 is 0 Å². The van der Waals surface area contributed by atoms with E-state index in [-0.39, 0.29) is 17.0 Å². The zero-order valence-electron chi connectivity index (χ0n) is 8.03. The summed E-state index contributed by atoms with van der Waals surface area (Å²) in [5, 5.41) is 10.2. The molecular weight excluding hydrogens is 410 g/mol. The van der Waals surface area contributed by atoms with Crippen molar-refractivity contribution in [3.05, 3.63) is 3.92 Å². The highest BCUT2D eigenvalue weighted by atomic mass is 79.9. The molecule has 0 saturated carbocycles. The average molecular weight is 422 g/mol. The molecule has 2 rings (SSSR count). The van der Waals surface area contributed by atoms with E-state index in [1.807, 2.05) is 0 Å². The molecule has 0 N–H and O–H groups in total. The molecule has 0 radical (unpaired) electrons. The van der Waals surface area contributed by atoms with Gasteiger partial charge in [-0.1, -0.05) is 27.3 Å². The second-order valence-electron chi connectivity index (χ2n) is 3.42. The van der Waals surface area contributed by atoms with Crippen LogP contribution in [-0.4, -0.2) is 28.6 Å². The van der Waals surface area contributed by atoms with Gasteiger partial charge < -0.3 is 4.90 Å². The molecule has 1 atom stereocenters. The SMILES string of the molecule is Br.BrCCC1CCN(c2nnc(Br)s2)C1. The summed E-state index contributed by atoms with van der Waals surface area (Å²) in [6, 6.07) is 0. The van der Waals surface area contributed by atoms with Gasteiger partial charge in [0.05, 0.1) is 0 Å². The first kappa shape index (κ1) is 13.9. The third-order valence-corrected chi connectivity index (χ3v) is 4.34. The number of anilines is 1. The molecule has 1 aliphatic heterocycles. The fourth-order valence-corrected chi connectivity index (χ4v) is 3.49. The maximum Gasteiger partial charge on any atom is 0.209 e. The van der Waals surface area contributed by atoms with Crippen molar-refractivity contribution in [1.29, 1.82) is 0 Å². The van der Waals surface area contributed by atoms with E-state index in [0.717, 1.165) is 33.4 Å². The molecule has 15 heavy (non-hydrogen) atoms. The molecule has 1 fully saturated rings. The van der Waals surface area contributed by atoms with E-state index in [1.54, 1.807) is 11.3 Å². The second-order valence-corrected chi connectivity index (χ2v) is 6.44. The number of hydrogen-bond acceptors (Lipinski definition) is 4. The van der Waals surface area contributed by atoms with Crippen LogP contribution in [0.25, 0.3) is 0 Å². The number of nitrogens with zero attached hydrogens (tertiary/aromatic N) is 3. The van der Waals surface area contributed by atoms with Gasteiger partial charge in [-0.05, 0) is 34.7 Å². The summed E-state index contributed by atoms with van der Waals surface area (Å²) in [7, 11) is 0. The molecule has 0 amide bonds. The molecule has 1 aliphatic rings. The Morgan fingerprint density at radius 2 is 2.27 bits per heavy atom. The average Bonchev–Trinajstić information content (AvgIpc) is 2.74. The van der Waals surface area contributed by atoms with Crippen molar-refractivity contribution in [3.63, 3.8) is 0 Å². The first-order valence-electron chi connectivity index (χ1n) is 4.59. The number of alkyl halides is 1. The van der Waals surface area contributed by atoms with Gasteiger partial charge in [0.1, 0.15) is 0 Å². The van der Waals surface area contributed by atoms with Crippen molar-refractivity contribution in [2.75, 3.05) is 23.3 Å². The van der Waals surface area contributed by atoms with Crippen molar-refractivity contribution in [3.8, 4) is 0 Å². The molecule has 0 bridgehead atoms. The van der Waals surface area contributed by atoms with Crippen molar-refractivity contribution in [1.82, 2.24) is 10.2 Å². The van der Waals surface area contributed by atoms with Crippen LogP contribution in [0.2, 0.25) is 0 Å². The summed E-state index contributed by atoms with van der Waals surface area (Å²) in [5.74, 6) is 0.817. The Hall–Kier alpha value is 0.800. The van der Waals surface area contributed by atoms with E-state index in [0.29, 0.717) is 0 Å². The van der Waals surface area contributed by atoms with E-state index in [1.165, 1.54) is 12.8 Å². The lowest BCUT2D eigenvalue weighted by Gasteiger charge is -2.13. The molecular formula is C8H12Br3N3S. The third kappa shape index (κ3) is 3.64. The molecule has 0 aromatic carbocycles. The standard InChI is InChI=1S/C8H11Br2N3S.BrH/c9-3-1-6-2-4-13(5-6)8-12-11-7(10)14-8;/h6H,1-5H2;1H. The predicted octanol–water partition coefficient (Wildman–Crippen LogP) is 3.49. The lowest BCUT2D eigenvalue weighted by Crippen LogP contribution is -2.19. The Bertz CT molecular complexity index is 307. The van der Waals surface area contributed by atoms with Crippen molar-refractivity contribution < 1.29 is 0 Å². The maximum absolute atomic E-state index is 4.13. The first-order chi connectivity index (χ1) is 6.79. The van der Waals surface area contributed by atoms with E-state index in [9.17, 15) is 0 Å². The van der Waals surface area contributed by atoms with Crippen LogP contribution in [0.3, 0.4) is 0 Å². The fourth-order valence-electron chi connectivity index (χ4n) is 1.72. The van der Waals surface area contributed by atoms with Crippen LogP contribution >= 0.6 is 60.2 Å². The number of hydrogen-bond donors (Lipinski definition) is 0. The smallest absolute Gasteiger partial charge is 0.209 e. The van der Waals surface area contributed by atoms with Crippen LogP contribution in [0.15, 0.2) is 3.92 Å². The third-order valence-electron chi connectivity index (χ3n) is 2.46. The number of rotatable bonds is 3. The molecule has 0 spiro atoms. The highest BCUT2D eigenvalue weighted by Gasteiger charge is 2.24. The molecule has 86 valence electrons. The minimum atomic E-state index is 0. The van der Waals surface area contributed by atoms with Gasteiger partial charge in [-0.25, -0.2) is 0 Å². The van der Waals surface area contributed by atoms with E-state index in [4.69, 9.17) is 0 Å². The molecule has 1 unspecified atom stereocenters. The van der Waals surface area contributed by atoms with Gasteiger partial charge >= 0.3 is 0 Å². The lowest BCUT2D eigenvalue weighted by atomic mass is 10.1. The summed E-state index contributed by atoms with van der Waals surface area (Å²) >= 11 is 8.44. The highest BCUT2D eigenvalue weighted by molar-refractivity contribution is 9.11. The van der Waals surface area contributed by atoms with Gasteiger partial charge in [0.25, 0.3) is 0 Å². The molecule has 1 aromatic heterocycles. The largest absolute Gasteiger partial charge is 0.346 e. The Morgan fingerprint density at radius 3 is 2.87 bits per heavy atom. The zero-order chi connectivity index (χ0) is 9.97. The van der Waals surface area contributed by atoms with Crippen molar-refractivity contribution in [2.24, 2.45) is 5.92 Å². The quantitative estimate of drug-likeness (QED) is 0.699. The molecule has 1 aromatic rings. The summed E-state index contributed by atoms with van der Waals surface area (Å²) in [5.41, 5.74) is 0. The van der Waals surface area contributed by atoms with Gasteiger partial charge in [-0.2, -0.15) is 0 Å². The molecule has 2 heterocycles. The van der Waals surface area contributed by atoms with Gasteiger partial charge in [-0.15, -0.1) is 27.2 Å². The van der Waals surface area contributed by atoms with Gasteiger partial charge in [0.15, 0.2) is 3.92 Å². The normalized spacial score (nSPS) is 20.4. The Balaban J connectivity index is 0.00000112. The van der Waals surface area contributed by atoms with Crippen molar-refractivity contribution in [2.45, 2.75) is 12.8 Å². The minimum absolute atomic E-state index is 0. The summed E-state index contributed by atoms with van der Waals surface area (Å²) in [4.78, 5) is 2.33. The van der Waals surface area contributed by atoms with Crippen LogP contribution in [0.5, 0.6) is 0 Å². The lowest BCUT2D eigenvalue weighted by molar-refractivity contribution is 0.575. The summed E-state index contributed by atoms with van der Waals surface area (Å²) in [6.07, 6.45) is 2.54. The van der Waals surface area contributed by atoms with Crippen LogP contribution < -0.4 is 4.90 Å². The maximum atomic E-state index is 4.13. The summed E-state index contributed by atoms with van der Waals surface area (Å²) < 4.78 is 0.872. The molecule has 0 aliphatic carbocycles. The topological polar surface area (TPSA) is 29.0 Å². The Morgan fingerprint density at radius 1 is 1.47 bits per heavy atom. The van der Waals surface area contributed by atoms with Crippen LogP contribution in [0.1, 0.15) is 12.8 Å². The molecule has 1 saturated heterocycles. The summed E-state index contributed by atoms with van der Waals surface area (Å²) in [6.45, 7) is 2.26. The second kappa shape index (κ2) is 6.51. The van der Waals surface area contributed by atoms with E-state index < -0.39 is 0 Å². The van der Waals surface area contributed by atoms with Gasteiger partial charge in [-0.3, -0.25) is 0 Å². The van der Waals surface area contributed by atoms with Crippen molar-refractivity contribution >= 4 is 65.3 Å². The Labute approximate surface area is 121 Å². The van der Waals surface area contributed by atoms with Gasteiger partial charge in [0.2, 0.25) is 5.13 Å². The Kier molecular flexibility index (Phi) is 6.02. The highest BCUT2D eigenvalue weighted by Crippen LogP contribution is 2.29. The number of halogens is 3. The van der Waals surface area contributed by atoms with Crippen LogP contribution in [0.4, 0.5) is 5.13 Å². The molecule has 3 nitrogen and oxygen atoms in total. The fraction of sp³-hybridized carbons (Fsp3) is 0.750. The van der Waals surface area contributed by atoms with Gasteiger partial charge in [0, 0.05) is 18.4 Å². The van der Waals surface area contributed by atoms with Crippen LogP contribution in [-0.2, 0) is 0 Å². The minimum Gasteiger partial charge on any atom is -0.346 e. The predicted molar refractivity (Wildman–Crippen MR) is 76.7 cm³/mol. The molecule has 7 heteroatoms. The zero-order valence-corrected chi connectivity index (χ0v) is 13.7. The monoisotopic (exact) mass is 419 g/mol. The first-order valence-corrected chi connectivity index (χ1v) is 7.32. The number of aromatic nitrogens is 2.